The molecule has 1 heterocycles. The number of nitrogen functional groups attached to an aromatic ring is 1. The van der Waals surface area contributed by atoms with Gasteiger partial charge >= 0.3 is 0 Å². The molecule has 0 spiro atoms. The van der Waals surface area contributed by atoms with Gasteiger partial charge in [-0.1, -0.05) is 43.2 Å². The van der Waals surface area contributed by atoms with E-state index in [0.717, 1.165) is 31.0 Å². The third-order valence-electron chi connectivity index (χ3n) is 4.71. The summed E-state index contributed by atoms with van der Waals surface area (Å²) >= 11 is 1.12. The van der Waals surface area contributed by atoms with Crippen LogP contribution in [0.1, 0.15) is 39.0 Å². The van der Waals surface area contributed by atoms with Crippen molar-refractivity contribution in [2.75, 3.05) is 5.84 Å². The van der Waals surface area contributed by atoms with Crippen molar-refractivity contribution in [3.8, 4) is 17.5 Å². The number of amides is 1. The molecule has 2 aromatic rings. The number of nitrogens with one attached hydrogen (secondary N) is 1. The van der Waals surface area contributed by atoms with E-state index in [-0.39, 0.29) is 17.3 Å². The van der Waals surface area contributed by atoms with Gasteiger partial charge in [-0.15, -0.1) is 10.2 Å². The summed E-state index contributed by atoms with van der Waals surface area (Å²) in [7, 11) is 0. The summed E-state index contributed by atoms with van der Waals surface area (Å²) in [5.74, 6) is 5.49. The number of hydrogen-bond donors (Lipinski definition) is 2. The molecule has 3 N–H and O–H groups in total. The maximum Gasteiger partial charge on any atom is 0.234 e. The second-order valence-electron chi connectivity index (χ2n) is 6.66. The lowest BCUT2D eigenvalue weighted by atomic mass is 9.83. The largest absolute Gasteiger partial charge is 0.337 e. The molecule has 1 amide bonds. The van der Waals surface area contributed by atoms with Crippen LogP contribution in [0.3, 0.4) is 0 Å². The Bertz CT molecular complexity index is 871. The summed E-state index contributed by atoms with van der Waals surface area (Å²) < 4.78 is 15.1. The highest BCUT2D eigenvalue weighted by atomic mass is 32.2. The molecule has 1 fully saturated rings. The highest BCUT2D eigenvalue weighted by Crippen LogP contribution is 2.30. The second-order valence-corrected chi connectivity index (χ2v) is 7.97. The molecule has 7 nitrogen and oxygen atoms in total. The number of rotatable bonds is 5. The number of nitriles is 1. The Balaban J connectivity index is 1.71. The molecule has 0 aliphatic heterocycles. The van der Waals surface area contributed by atoms with Crippen LogP contribution < -0.4 is 11.2 Å². The first-order valence-electron chi connectivity index (χ1n) is 8.81. The van der Waals surface area contributed by atoms with Crippen molar-refractivity contribution in [1.29, 1.82) is 5.26 Å². The third-order valence-corrected chi connectivity index (χ3v) is 5.77. The fraction of sp³-hybridized carbons (Fsp3) is 0.444. The molecule has 27 heavy (non-hydrogen) atoms. The van der Waals surface area contributed by atoms with Crippen LogP contribution in [0.2, 0.25) is 0 Å². The Kier molecular flexibility index (Phi) is 5.65. The van der Waals surface area contributed by atoms with Gasteiger partial charge < -0.3 is 11.2 Å². The van der Waals surface area contributed by atoms with Gasteiger partial charge in [0.05, 0.1) is 16.9 Å². The molecule has 9 heteroatoms. The predicted molar refractivity (Wildman–Crippen MR) is 100 cm³/mol. The van der Waals surface area contributed by atoms with Gasteiger partial charge in [0.25, 0.3) is 0 Å². The highest BCUT2D eigenvalue weighted by molar-refractivity contribution is 8.00. The van der Waals surface area contributed by atoms with Gasteiger partial charge in [-0.25, -0.2) is 9.07 Å². The summed E-state index contributed by atoms with van der Waals surface area (Å²) in [6, 6.07) is 8.41. The minimum atomic E-state index is -0.793. The van der Waals surface area contributed by atoms with Crippen molar-refractivity contribution in [3.63, 3.8) is 0 Å². The van der Waals surface area contributed by atoms with Gasteiger partial charge in [0.2, 0.25) is 11.1 Å². The van der Waals surface area contributed by atoms with E-state index in [2.05, 4.69) is 21.6 Å². The minimum Gasteiger partial charge on any atom is -0.337 e. The summed E-state index contributed by atoms with van der Waals surface area (Å²) in [5, 5.41) is 20.1. The van der Waals surface area contributed by atoms with Gasteiger partial charge in [-0.05, 0) is 31.9 Å². The minimum absolute atomic E-state index is 0.184. The molecule has 0 saturated heterocycles. The first-order chi connectivity index (χ1) is 13.0. The molecular weight excluding hydrogens is 367 g/mol. The molecule has 0 unspecified atom stereocenters. The lowest BCUT2D eigenvalue weighted by Crippen LogP contribution is -2.51. The molecule has 1 aromatic heterocycles. The lowest BCUT2D eigenvalue weighted by Gasteiger charge is -2.32. The fourth-order valence-corrected chi connectivity index (χ4v) is 3.92. The number of hydrogen-bond acceptors (Lipinski definition) is 6. The maximum absolute atomic E-state index is 14.0. The van der Waals surface area contributed by atoms with Crippen LogP contribution in [-0.4, -0.2) is 31.6 Å². The normalized spacial score (nSPS) is 17.1. The first kappa shape index (κ1) is 19.2. The van der Waals surface area contributed by atoms with E-state index in [1.165, 1.54) is 10.7 Å². The summed E-state index contributed by atoms with van der Waals surface area (Å²) in [6.45, 7) is 1.71. The Morgan fingerprint density at radius 1 is 1.37 bits per heavy atom. The Hall–Kier alpha value is -2.60. The molecule has 1 aromatic carbocycles. The average Bonchev–Trinajstić information content (AvgIpc) is 3.03. The van der Waals surface area contributed by atoms with Crippen molar-refractivity contribution >= 4 is 17.7 Å². The Morgan fingerprint density at radius 3 is 2.74 bits per heavy atom. The monoisotopic (exact) mass is 388 g/mol. The average molecular weight is 388 g/mol. The van der Waals surface area contributed by atoms with Gasteiger partial charge in [-0.3, -0.25) is 4.79 Å². The molecule has 1 atom stereocenters. The topological polar surface area (TPSA) is 110 Å². The van der Waals surface area contributed by atoms with Crippen molar-refractivity contribution in [2.45, 2.75) is 55.0 Å². The number of aromatic nitrogens is 3. The second kappa shape index (κ2) is 7.96. The Morgan fingerprint density at radius 2 is 2.07 bits per heavy atom. The van der Waals surface area contributed by atoms with Gasteiger partial charge in [-0.2, -0.15) is 5.26 Å². The van der Waals surface area contributed by atoms with Crippen molar-refractivity contribution in [2.24, 2.45) is 0 Å². The van der Waals surface area contributed by atoms with Crippen LogP contribution in [-0.2, 0) is 4.79 Å². The number of nitrogens with zero attached hydrogens (tertiary/aromatic N) is 4. The zero-order chi connectivity index (χ0) is 19.4. The maximum atomic E-state index is 14.0. The molecule has 0 bridgehead atoms. The summed E-state index contributed by atoms with van der Waals surface area (Å²) in [6.07, 6.45) is 4.27. The van der Waals surface area contributed by atoms with E-state index in [0.29, 0.717) is 18.0 Å². The van der Waals surface area contributed by atoms with E-state index in [1.54, 1.807) is 25.1 Å². The smallest absolute Gasteiger partial charge is 0.234 e. The van der Waals surface area contributed by atoms with Crippen LogP contribution in [0.4, 0.5) is 4.39 Å². The molecule has 142 valence electrons. The quantitative estimate of drug-likeness (QED) is 0.602. The zero-order valence-electron chi connectivity index (χ0n) is 15.0. The standard InChI is InChI=1S/C18H21FN6OS/c1-12(16(26)22-18(11-20)9-5-2-6-10-18)27-17-24-23-15(25(17)21)13-7-3-4-8-14(13)19/h3-4,7-8,12H,2,5-6,9-10,21H2,1H3,(H,22,26)/t12-/m1/s1. The number of carbonyl (C=O) groups excluding carboxylic acids is 1. The van der Waals surface area contributed by atoms with E-state index < -0.39 is 16.6 Å². The molecule has 0 radical (unpaired) electrons. The van der Waals surface area contributed by atoms with Crippen LogP contribution in [0.25, 0.3) is 11.4 Å². The van der Waals surface area contributed by atoms with Crippen molar-refractivity contribution < 1.29 is 9.18 Å². The zero-order valence-corrected chi connectivity index (χ0v) is 15.8. The Labute approximate surface area is 161 Å². The number of halogens is 1. The first-order valence-corrected chi connectivity index (χ1v) is 9.69. The number of thioether (sulfide) groups is 1. The van der Waals surface area contributed by atoms with Gasteiger partial charge in [0.15, 0.2) is 5.82 Å². The fourth-order valence-electron chi connectivity index (χ4n) is 3.15. The number of benzene rings is 1. The van der Waals surface area contributed by atoms with Crippen LogP contribution in [0, 0.1) is 17.1 Å². The predicted octanol–water partition coefficient (Wildman–Crippen LogP) is 2.62. The highest BCUT2D eigenvalue weighted by Gasteiger charge is 2.35. The molecule has 1 saturated carbocycles. The van der Waals surface area contributed by atoms with Crippen LogP contribution in [0.15, 0.2) is 29.4 Å². The summed E-state index contributed by atoms with van der Waals surface area (Å²) in [4.78, 5) is 12.6. The molecular formula is C18H21FN6OS. The van der Waals surface area contributed by atoms with Crippen molar-refractivity contribution in [3.05, 3.63) is 30.1 Å². The molecule has 1 aliphatic carbocycles. The number of carbonyl (C=O) groups is 1. The summed E-state index contributed by atoms with van der Waals surface area (Å²) in [5.41, 5.74) is -0.555. The SMILES string of the molecule is C[C@@H](Sc1nnc(-c2ccccc2F)n1N)C(=O)NC1(C#N)CCCCC1. The van der Waals surface area contributed by atoms with E-state index in [1.807, 2.05) is 0 Å². The molecule has 1 aliphatic rings. The molecule has 3 rings (SSSR count). The van der Waals surface area contributed by atoms with Crippen molar-refractivity contribution in [1.82, 2.24) is 20.2 Å². The van der Waals surface area contributed by atoms with Crippen LogP contribution >= 0.6 is 11.8 Å². The number of nitrogens with two attached hydrogens (primary N) is 1. The van der Waals surface area contributed by atoms with E-state index in [9.17, 15) is 14.4 Å². The van der Waals surface area contributed by atoms with E-state index >= 15 is 0 Å². The van der Waals surface area contributed by atoms with E-state index in [4.69, 9.17) is 5.84 Å². The van der Waals surface area contributed by atoms with Gasteiger partial charge in [0.1, 0.15) is 11.4 Å². The van der Waals surface area contributed by atoms with Crippen LogP contribution in [0.5, 0.6) is 0 Å². The lowest BCUT2D eigenvalue weighted by molar-refractivity contribution is -0.121. The third kappa shape index (κ3) is 4.06. The van der Waals surface area contributed by atoms with Gasteiger partial charge in [0, 0.05) is 0 Å².